The summed E-state index contributed by atoms with van der Waals surface area (Å²) in [5, 5.41) is 8.91. The largest absolute Gasteiger partial charge is 0.245 e. The minimum absolute atomic E-state index is 0.0730. The number of nitriles is 1. The second kappa shape index (κ2) is 5.56. The Morgan fingerprint density at radius 1 is 1.62 bits per heavy atom. The predicted octanol–water partition coefficient (Wildman–Crippen LogP) is 2.81. The molecule has 1 heterocycles. The highest BCUT2D eigenvalue weighted by Crippen LogP contribution is 2.23. The standard InChI is InChI=1S/C12H10FN3/c1-3-9(10(7-14)11(13)4-2)12-5-6-15-8-16-12/h3-6,8H,1H2,2H3/b10-9+,11-4+. The zero-order valence-corrected chi connectivity index (χ0v) is 8.81. The van der Waals surface area contributed by atoms with Crippen LogP contribution in [-0.4, -0.2) is 9.97 Å². The van der Waals surface area contributed by atoms with Gasteiger partial charge in [-0.15, -0.1) is 0 Å². The van der Waals surface area contributed by atoms with Crippen molar-refractivity contribution < 1.29 is 4.39 Å². The molecule has 0 radical (unpaired) electrons. The van der Waals surface area contributed by atoms with Crippen molar-refractivity contribution in [3.8, 4) is 6.07 Å². The third-order valence-corrected chi connectivity index (χ3v) is 1.94. The van der Waals surface area contributed by atoms with Gasteiger partial charge in [0.2, 0.25) is 0 Å². The van der Waals surface area contributed by atoms with Crippen LogP contribution in [0.15, 0.2) is 48.7 Å². The topological polar surface area (TPSA) is 49.6 Å². The van der Waals surface area contributed by atoms with Gasteiger partial charge in [0.05, 0.1) is 11.3 Å². The van der Waals surface area contributed by atoms with E-state index in [4.69, 9.17) is 5.26 Å². The number of aromatic nitrogens is 2. The smallest absolute Gasteiger partial charge is 0.137 e. The predicted molar refractivity (Wildman–Crippen MR) is 59.6 cm³/mol. The number of rotatable bonds is 3. The monoisotopic (exact) mass is 215 g/mol. The highest BCUT2D eigenvalue weighted by Gasteiger charge is 2.11. The molecule has 0 unspecified atom stereocenters. The molecule has 80 valence electrons. The van der Waals surface area contributed by atoms with E-state index in [2.05, 4.69) is 16.5 Å². The van der Waals surface area contributed by atoms with E-state index in [1.54, 1.807) is 12.1 Å². The van der Waals surface area contributed by atoms with E-state index in [9.17, 15) is 4.39 Å². The van der Waals surface area contributed by atoms with Gasteiger partial charge in [-0.3, -0.25) is 0 Å². The third kappa shape index (κ3) is 2.39. The first-order chi connectivity index (χ1) is 7.74. The molecule has 0 aliphatic carbocycles. The Morgan fingerprint density at radius 2 is 2.38 bits per heavy atom. The van der Waals surface area contributed by atoms with Crippen molar-refractivity contribution in [3.63, 3.8) is 0 Å². The SMILES string of the molecule is C=C/C(=C(C#N)\C(F)=C/C)c1ccncn1. The number of nitrogens with zero attached hydrogens (tertiary/aromatic N) is 3. The van der Waals surface area contributed by atoms with E-state index in [0.717, 1.165) is 0 Å². The highest BCUT2D eigenvalue weighted by molar-refractivity contribution is 5.79. The van der Waals surface area contributed by atoms with E-state index in [-0.39, 0.29) is 5.57 Å². The lowest BCUT2D eigenvalue weighted by molar-refractivity contribution is 0.656. The molecule has 0 N–H and O–H groups in total. The van der Waals surface area contributed by atoms with Crippen molar-refractivity contribution in [2.75, 3.05) is 0 Å². The normalized spacial score (nSPS) is 12.7. The molecule has 1 aromatic heterocycles. The van der Waals surface area contributed by atoms with Crippen molar-refractivity contribution in [2.24, 2.45) is 0 Å². The Kier molecular flexibility index (Phi) is 4.10. The quantitative estimate of drug-likeness (QED) is 0.575. The Balaban J connectivity index is 3.41. The molecule has 0 fully saturated rings. The zero-order valence-electron chi connectivity index (χ0n) is 8.81. The first-order valence-corrected chi connectivity index (χ1v) is 4.60. The average Bonchev–Trinajstić information content (AvgIpc) is 2.36. The molecule has 0 amide bonds. The third-order valence-electron chi connectivity index (χ3n) is 1.94. The molecule has 4 heteroatoms. The number of allylic oxidation sites excluding steroid dienone is 5. The average molecular weight is 215 g/mol. The Morgan fingerprint density at radius 3 is 2.81 bits per heavy atom. The molecule has 1 aromatic rings. The Bertz CT molecular complexity index is 481. The second-order valence-corrected chi connectivity index (χ2v) is 2.84. The summed E-state index contributed by atoms with van der Waals surface area (Å²) in [5.41, 5.74) is 0.759. The van der Waals surface area contributed by atoms with Gasteiger partial charge in [-0.25, -0.2) is 14.4 Å². The van der Waals surface area contributed by atoms with Crippen molar-refractivity contribution in [2.45, 2.75) is 6.92 Å². The summed E-state index contributed by atoms with van der Waals surface area (Å²) in [6.07, 6.45) is 5.49. The minimum Gasteiger partial charge on any atom is -0.245 e. The van der Waals surface area contributed by atoms with Crippen LogP contribution >= 0.6 is 0 Å². The summed E-state index contributed by atoms with van der Waals surface area (Å²) >= 11 is 0. The molecule has 3 nitrogen and oxygen atoms in total. The Hall–Kier alpha value is -2.28. The first-order valence-electron chi connectivity index (χ1n) is 4.60. The van der Waals surface area contributed by atoms with Crippen LogP contribution in [0.3, 0.4) is 0 Å². The van der Waals surface area contributed by atoms with Gasteiger partial charge >= 0.3 is 0 Å². The molecule has 1 rings (SSSR count). The van der Waals surface area contributed by atoms with Gasteiger partial charge in [0.15, 0.2) is 0 Å². The van der Waals surface area contributed by atoms with Crippen LogP contribution in [0, 0.1) is 11.3 Å². The highest BCUT2D eigenvalue weighted by atomic mass is 19.1. The molecule has 0 atom stereocenters. The maximum Gasteiger partial charge on any atom is 0.137 e. The van der Waals surface area contributed by atoms with Crippen LogP contribution in [0.1, 0.15) is 12.6 Å². The van der Waals surface area contributed by atoms with E-state index in [0.29, 0.717) is 11.3 Å². The molecule has 0 spiro atoms. The fourth-order valence-electron chi connectivity index (χ4n) is 1.17. The summed E-state index contributed by atoms with van der Waals surface area (Å²) in [7, 11) is 0. The van der Waals surface area contributed by atoms with Gasteiger partial charge in [0.25, 0.3) is 0 Å². The van der Waals surface area contributed by atoms with Crippen LogP contribution < -0.4 is 0 Å². The van der Waals surface area contributed by atoms with E-state index >= 15 is 0 Å². The van der Waals surface area contributed by atoms with Crippen LogP contribution in [0.5, 0.6) is 0 Å². The molecule has 0 aromatic carbocycles. The maximum absolute atomic E-state index is 13.4. The van der Waals surface area contributed by atoms with Gasteiger partial charge in [-0.1, -0.05) is 18.7 Å². The molecule has 0 aliphatic rings. The summed E-state index contributed by atoms with van der Waals surface area (Å²) < 4.78 is 13.4. The van der Waals surface area contributed by atoms with E-state index in [1.807, 2.05) is 0 Å². The maximum atomic E-state index is 13.4. The lowest BCUT2D eigenvalue weighted by atomic mass is 10.0. The van der Waals surface area contributed by atoms with E-state index in [1.165, 1.54) is 31.6 Å². The summed E-state index contributed by atoms with van der Waals surface area (Å²) in [5.74, 6) is -0.587. The number of hydrogen-bond donors (Lipinski definition) is 0. The summed E-state index contributed by atoms with van der Waals surface area (Å²) in [6, 6.07) is 3.40. The minimum atomic E-state index is -0.587. The van der Waals surface area contributed by atoms with Gasteiger partial charge in [-0.2, -0.15) is 5.26 Å². The van der Waals surface area contributed by atoms with Crippen molar-refractivity contribution in [3.05, 3.63) is 54.4 Å². The van der Waals surface area contributed by atoms with Gasteiger partial charge in [0, 0.05) is 11.8 Å². The van der Waals surface area contributed by atoms with Crippen molar-refractivity contribution >= 4 is 5.57 Å². The van der Waals surface area contributed by atoms with Crippen LogP contribution in [0.25, 0.3) is 5.57 Å². The zero-order chi connectivity index (χ0) is 12.0. The number of halogens is 1. The lowest BCUT2D eigenvalue weighted by Crippen LogP contribution is -1.92. The molecule has 16 heavy (non-hydrogen) atoms. The van der Waals surface area contributed by atoms with Crippen molar-refractivity contribution in [1.82, 2.24) is 9.97 Å². The molecular formula is C12H10FN3. The van der Waals surface area contributed by atoms with Crippen LogP contribution in [-0.2, 0) is 0 Å². The summed E-state index contributed by atoms with van der Waals surface area (Å²) in [4.78, 5) is 7.70. The van der Waals surface area contributed by atoms with Gasteiger partial charge < -0.3 is 0 Å². The molecule has 0 bridgehead atoms. The van der Waals surface area contributed by atoms with Gasteiger partial charge in [-0.05, 0) is 13.0 Å². The Labute approximate surface area is 93.3 Å². The molecule has 0 saturated heterocycles. The van der Waals surface area contributed by atoms with Crippen LogP contribution in [0.4, 0.5) is 4.39 Å². The summed E-state index contributed by atoms with van der Waals surface area (Å²) in [6.45, 7) is 5.08. The molecule has 0 aliphatic heterocycles. The van der Waals surface area contributed by atoms with E-state index < -0.39 is 5.83 Å². The van der Waals surface area contributed by atoms with Crippen LogP contribution in [0.2, 0.25) is 0 Å². The van der Waals surface area contributed by atoms with Gasteiger partial charge in [0.1, 0.15) is 18.2 Å². The fraction of sp³-hybridized carbons (Fsp3) is 0.0833. The molecule has 0 saturated carbocycles. The lowest BCUT2D eigenvalue weighted by Gasteiger charge is -2.03. The number of hydrogen-bond acceptors (Lipinski definition) is 3. The van der Waals surface area contributed by atoms with Crippen molar-refractivity contribution in [1.29, 1.82) is 5.26 Å². The second-order valence-electron chi connectivity index (χ2n) is 2.84. The first kappa shape index (κ1) is 11.8. The molecular weight excluding hydrogens is 205 g/mol. The fourth-order valence-corrected chi connectivity index (χ4v) is 1.17.